The molecular formula is C16H20N4O. The van der Waals surface area contributed by atoms with E-state index in [1.165, 1.54) is 12.0 Å². The van der Waals surface area contributed by atoms with Crippen LogP contribution >= 0.6 is 0 Å². The quantitative estimate of drug-likeness (QED) is 0.919. The second kappa shape index (κ2) is 5.68. The van der Waals surface area contributed by atoms with Gasteiger partial charge in [0.05, 0.1) is 5.52 Å². The van der Waals surface area contributed by atoms with Gasteiger partial charge in [-0.2, -0.15) is 0 Å². The largest absolute Gasteiger partial charge is 0.368 e. The summed E-state index contributed by atoms with van der Waals surface area (Å²) in [5.41, 5.74) is 8.12. The highest BCUT2D eigenvalue weighted by molar-refractivity contribution is 6.04. The van der Waals surface area contributed by atoms with Crippen LogP contribution in [0.2, 0.25) is 0 Å². The number of rotatable bonds is 2. The van der Waals surface area contributed by atoms with Crippen molar-refractivity contribution in [1.82, 2.24) is 14.9 Å². The normalized spacial score (nSPS) is 15.4. The zero-order valence-corrected chi connectivity index (χ0v) is 12.3. The first-order chi connectivity index (χ1) is 10.2. The van der Waals surface area contributed by atoms with Crippen LogP contribution in [0.4, 0.5) is 5.95 Å². The summed E-state index contributed by atoms with van der Waals surface area (Å²) in [6.45, 7) is 3.70. The van der Waals surface area contributed by atoms with Gasteiger partial charge in [-0.25, -0.2) is 9.97 Å². The van der Waals surface area contributed by atoms with Crippen molar-refractivity contribution in [1.29, 1.82) is 0 Å². The van der Waals surface area contributed by atoms with Crippen molar-refractivity contribution >= 4 is 22.8 Å². The standard InChI is InChI=1S/C16H20N4O/c1-2-11-6-7-13-12(10-11)14(19-16(17)18-13)15(21)20-8-4-3-5-9-20/h6-7,10H,2-5,8-9H2,1H3,(H2,17,18,19). The number of piperidine rings is 1. The number of nitrogens with zero attached hydrogens (tertiary/aromatic N) is 3. The van der Waals surface area contributed by atoms with E-state index < -0.39 is 0 Å². The topological polar surface area (TPSA) is 72.1 Å². The maximum atomic E-state index is 12.7. The Labute approximate surface area is 124 Å². The van der Waals surface area contributed by atoms with Crippen molar-refractivity contribution in [3.8, 4) is 0 Å². The monoisotopic (exact) mass is 284 g/mol. The molecule has 1 amide bonds. The Kier molecular flexibility index (Phi) is 3.73. The average Bonchev–Trinajstić information content (AvgIpc) is 2.53. The smallest absolute Gasteiger partial charge is 0.273 e. The molecule has 1 aliphatic heterocycles. The number of fused-ring (bicyclic) bond motifs is 1. The third-order valence-corrected chi connectivity index (χ3v) is 4.03. The van der Waals surface area contributed by atoms with Gasteiger partial charge >= 0.3 is 0 Å². The number of nitrogens with two attached hydrogens (primary N) is 1. The molecule has 5 heteroatoms. The van der Waals surface area contributed by atoms with Gasteiger partial charge in [-0.1, -0.05) is 13.0 Å². The van der Waals surface area contributed by atoms with Crippen LogP contribution in [0.25, 0.3) is 10.9 Å². The molecule has 1 saturated heterocycles. The molecule has 110 valence electrons. The molecule has 1 fully saturated rings. The maximum absolute atomic E-state index is 12.7. The number of aromatic nitrogens is 2. The first-order valence-electron chi connectivity index (χ1n) is 7.54. The minimum Gasteiger partial charge on any atom is -0.368 e. The van der Waals surface area contributed by atoms with E-state index in [0.29, 0.717) is 5.69 Å². The first kappa shape index (κ1) is 13.8. The molecule has 1 aromatic heterocycles. The lowest BCUT2D eigenvalue weighted by atomic mass is 10.1. The Hall–Kier alpha value is -2.17. The number of benzene rings is 1. The summed E-state index contributed by atoms with van der Waals surface area (Å²) in [6, 6.07) is 5.94. The van der Waals surface area contributed by atoms with Crippen LogP contribution in [0.5, 0.6) is 0 Å². The summed E-state index contributed by atoms with van der Waals surface area (Å²) >= 11 is 0. The van der Waals surface area contributed by atoms with Crippen LogP contribution in [0.3, 0.4) is 0 Å². The van der Waals surface area contributed by atoms with E-state index in [-0.39, 0.29) is 11.9 Å². The Balaban J connectivity index is 2.08. The minimum absolute atomic E-state index is 0.0259. The zero-order chi connectivity index (χ0) is 14.8. The van der Waals surface area contributed by atoms with Crippen LogP contribution < -0.4 is 5.73 Å². The number of amides is 1. The van der Waals surface area contributed by atoms with E-state index in [0.717, 1.165) is 43.3 Å². The number of hydrogen-bond acceptors (Lipinski definition) is 4. The van der Waals surface area contributed by atoms with Gasteiger partial charge in [-0.3, -0.25) is 4.79 Å². The molecule has 1 aliphatic rings. The number of nitrogen functional groups attached to an aromatic ring is 1. The number of aryl methyl sites for hydroxylation is 1. The minimum atomic E-state index is -0.0259. The lowest BCUT2D eigenvalue weighted by molar-refractivity contribution is 0.0720. The summed E-state index contributed by atoms with van der Waals surface area (Å²) < 4.78 is 0. The first-order valence-corrected chi connectivity index (χ1v) is 7.54. The van der Waals surface area contributed by atoms with Gasteiger partial charge in [-0.15, -0.1) is 0 Å². The van der Waals surface area contributed by atoms with E-state index >= 15 is 0 Å². The number of likely N-dealkylation sites (tertiary alicyclic amines) is 1. The van der Waals surface area contributed by atoms with E-state index in [9.17, 15) is 4.79 Å². The van der Waals surface area contributed by atoms with Gasteiger partial charge in [0.1, 0.15) is 5.69 Å². The molecule has 21 heavy (non-hydrogen) atoms. The number of carbonyl (C=O) groups is 1. The molecule has 2 N–H and O–H groups in total. The van der Waals surface area contributed by atoms with Crippen LogP contribution in [0.15, 0.2) is 18.2 Å². The van der Waals surface area contributed by atoms with Gasteiger partial charge in [0.15, 0.2) is 0 Å². The van der Waals surface area contributed by atoms with Crippen molar-refractivity contribution in [2.75, 3.05) is 18.8 Å². The molecule has 0 bridgehead atoms. The molecule has 0 spiro atoms. The summed E-state index contributed by atoms with van der Waals surface area (Å²) in [7, 11) is 0. The highest BCUT2D eigenvalue weighted by Gasteiger charge is 2.22. The van der Waals surface area contributed by atoms with Crippen LogP contribution in [0, 0.1) is 0 Å². The van der Waals surface area contributed by atoms with Gasteiger partial charge in [-0.05, 0) is 43.4 Å². The van der Waals surface area contributed by atoms with E-state index in [1.807, 2.05) is 23.1 Å². The fourth-order valence-corrected chi connectivity index (χ4v) is 2.82. The molecule has 2 heterocycles. The van der Waals surface area contributed by atoms with Crippen molar-refractivity contribution in [3.05, 3.63) is 29.5 Å². The molecule has 0 saturated carbocycles. The second-order valence-electron chi connectivity index (χ2n) is 5.49. The predicted molar refractivity (Wildman–Crippen MR) is 83.1 cm³/mol. The Bertz CT molecular complexity index is 677. The third kappa shape index (κ3) is 2.68. The highest BCUT2D eigenvalue weighted by Crippen LogP contribution is 2.22. The van der Waals surface area contributed by atoms with Crippen molar-refractivity contribution in [2.45, 2.75) is 32.6 Å². The SMILES string of the molecule is CCc1ccc2nc(N)nc(C(=O)N3CCCCC3)c2c1. The molecule has 1 aromatic carbocycles. The van der Waals surface area contributed by atoms with Gasteiger partial charge in [0.25, 0.3) is 5.91 Å². The summed E-state index contributed by atoms with van der Waals surface area (Å²) in [5, 5.41) is 0.805. The molecule has 5 nitrogen and oxygen atoms in total. The van der Waals surface area contributed by atoms with E-state index in [2.05, 4.69) is 16.9 Å². The van der Waals surface area contributed by atoms with Crippen LogP contribution in [-0.2, 0) is 6.42 Å². The molecule has 3 rings (SSSR count). The third-order valence-electron chi connectivity index (χ3n) is 4.03. The molecular weight excluding hydrogens is 264 g/mol. The fraction of sp³-hybridized carbons (Fsp3) is 0.438. The zero-order valence-electron chi connectivity index (χ0n) is 12.3. The number of anilines is 1. The van der Waals surface area contributed by atoms with Gasteiger partial charge in [0.2, 0.25) is 5.95 Å². The van der Waals surface area contributed by atoms with Crippen molar-refractivity contribution in [2.24, 2.45) is 0 Å². The van der Waals surface area contributed by atoms with E-state index in [4.69, 9.17) is 5.73 Å². The van der Waals surface area contributed by atoms with Crippen LogP contribution in [0.1, 0.15) is 42.2 Å². The Morgan fingerprint density at radius 3 is 2.71 bits per heavy atom. The Morgan fingerprint density at radius 2 is 2.00 bits per heavy atom. The Morgan fingerprint density at radius 1 is 1.24 bits per heavy atom. The van der Waals surface area contributed by atoms with Gasteiger partial charge in [0, 0.05) is 18.5 Å². The van der Waals surface area contributed by atoms with Crippen LogP contribution in [-0.4, -0.2) is 33.9 Å². The molecule has 0 radical (unpaired) electrons. The lowest BCUT2D eigenvalue weighted by Crippen LogP contribution is -2.36. The maximum Gasteiger partial charge on any atom is 0.273 e. The summed E-state index contributed by atoms with van der Waals surface area (Å²) in [5.74, 6) is 0.133. The van der Waals surface area contributed by atoms with Crippen molar-refractivity contribution < 1.29 is 4.79 Å². The summed E-state index contributed by atoms with van der Waals surface area (Å²) in [4.78, 5) is 23.1. The van der Waals surface area contributed by atoms with Gasteiger partial charge < -0.3 is 10.6 Å². The van der Waals surface area contributed by atoms with Crippen molar-refractivity contribution in [3.63, 3.8) is 0 Å². The molecule has 2 aromatic rings. The number of hydrogen-bond donors (Lipinski definition) is 1. The molecule has 0 aliphatic carbocycles. The lowest BCUT2D eigenvalue weighted by Gasteiger charge is -2.26. The summed E-state index contributed by atoms with van der Waals surface area (Å²) in [6.07, 6.45) is 4.23. The number of carbonyl (C=O) groups excluding carboxylic acids is 1. The highest BCUT2D eigenvalue weighted by atomic mass is 16.2. The molecule has 0 unspecified atom stereocenters. The van der Waals surface area contributed by atoms with E-state index in [1.54, 1.807) is 0 Å². The molecule has 0 atom stereocenters. The second-order valence-corrected chi connectivity index (χ2v) is 5.49. The fourth-order valence-electron chi connectivity index (χ4n) is 2.82. The predicted octanol–water partition coefficient (Wildman–Crippen LogP) is 2.40. The average molecular weight is 284 g/mol.